The second kappa shape index (κ2) is 12.0. The molecule has 0 aliphatic carbocycles. The zero-order valence-electron chi connectivity index (χ0n) is 18.5. The summed E-state index contributed by atoms with van der Waals surface area (Å²) >= 11 is 0. The van der Waals surface area contributed by atoms with Crippen LogP contribution in [0.2, 0.25) is 0 Å². The second-order valence-electron chi connectivity index (χ2n) is 7.03. The summed E-state index contributed by atoms with van der Waals surface area (Å²) in [6, 6.07) is 11.1. The highest BCUT2D eigenvalue weighted by Gasteiger charge is 2.24. The van der Waals surface area contributed by atoms with Gasteiger partial charge in [0.25, 0.3) is 11.8 Å². The van der Waals surface area contributed by atoms with E-state index in [4.69, 9.17) is 20.6 Å². The fraction of sp³-hybridized carbons (Fsp3) is 0.292. The van der Waals surface area contributed by atoms with Gasteiger partial charge in [0.1, 0.15) is 18.4 Å². The predicted molar refractivity (Wildman–Crippen MR) is 122 cm³/mol. The average Bonchev–Trinajstić information content (AvgIpc) is 2.80. The second-order valence-corrected chi connectivity index (χ2v) is 7.03. The molecule has 0 bridgehead atoms. The summed E-state index contributed by atoms with van der Waals surface area (Å²) in [4.78, 5) is 25.2. The highest BCUT2D eigenvalue weighted by atomic mass is 16.5. The van der Waals surface area contributed by atoms with Crippen molar-refractivity contribution in [2.24, 2.45) is 11.0 Å². The number of carbonyl (C=O) groups excluding carboxylic acids is 2. The third-order valence-electron chi connectivity index (χ3n) is 4.50. The van der Waals surface area contributed by atoms with E-state index >= 15 is 0 Å². The molecule has 168 valence electrons. The summed E-state index contributed by atoms with van der Waals surface area (Å²) in [5, 5.41) is 6.76. The van der Waals surface area contributed by atoms with Crippen LogP contribution in [-0.4, -0.2) is 44.9 Å². The Kier molecular flexibility index (Phi) is 9.11. The quantitative estimate of drug-likeness (QED) is 0.338. The fourth-order valence-electron chi connectivity index (χ4n) is 2.80. The lowest BCUT2D eigenvalue weighted by Crippen LogP contribution is -2.48. The molecule has 2 aromatic carbocycles. The molecule has 1 atom stereocenters. The molecule has 0 aliphatic rings. The molecule has 2 aromatic rings. The molecule has 32 heavy (non-hydrogen) atoms. The molecule has 2 rings (SSSR count). The molecular formula is C24H27N3O5. The first-order chi connectivity index (χ1) is 15.4. The molecule has 0 radical (unpaired) electrons. The van der Waals surface area contributed by atoms with Crippen molar-refractivity contribution in [1.29, 1.82) is 0 Å². The van der Waals surface area contributed by atoms with Gasteiger partial charge in [-0.25, -0.2) is 5.43 Å². The van der Waals surface area contributed by atoms with Crippen LogP contribution in [0.3, 0.4) is 0 Å². The van der Waals surface area contributed by atoms with Crippen molar-refractivity contribution >= 4 is 18.0 Å². The molecule has 8 nitrogen and oxygen atoms in total. The number of hydrazone groups is 1. The standard InChI is InChI=1S/C24H27N3O5/c1-6-14-32-22-18(8-7-9-20(22)31-5)15-25-27-24(29)21(16(2)3)26-23(28)17-10-12-19(30-4)13-11-17/h1,7-13,15-16,21H,14H2,2-5H3,(H,26,28)(H,27,29). The summed E-state index contributed by atoms with van der Waals surface area (Å²) in [6.45, 7) is 3.71. The van der Waals surface area contributed by atoms with Crippen molar-refractivity contribution in [3.05, 3.63) is 53.6 Å². The molecule has 0 saturated heterocycles. The first-order valence-corrected chi connectivity index (χ1v) is 9.92. The Morgan fingerprint density at radius 3 is 2.44 bits per heavy atom. The maximum Gasteiger partial charge on any atom is 0.262 e. The Hall–Kier alpha value is -3.99. The number of amides is 2. The minimum Gasteiger partial charge on any atom is -0.497 e. The molecule has 1 unspecified atom stereocenters. The number of benzene rings is 2. The number of terminal acetylenes is 1. The number of para-hydroxylation sites is 1. The van der Waals surface area contributed by atoms with Gasteiger partial charge in [-0.1, -0.05) is 25.8 Å². The van der Waals surface area contributed by atoms with Gasteiger partial charge in [0.2, 0.25) is 0 Å². The molecular weight excluding hydrogens is 410 g/mol. The van der Waals surface area contributed by atoms with Crippen LogP contribution in [0.1, 0.15) is 29.8 Å². The Labute approximate surface area is 187 Å². The van der Waals surface area contributed by atoms with E-state index in [0.717, 1.165) is 0 Å². The van der Waals surface area contributed by atoms with Gasteiger partial charge in [-0.05, 0) is 42.3 Å². The van der Waals surface area contributed by atoms with E-state index in [0.29, 0.717) is 28.4 Å². The van der Waals surface area contributed by atoms with E-state index in [1.807, 2.05) is 13.8 Å². The molecule has 0 aliphatic heterocycles. The van der Waals surface area contributed by atoms with E-state index < -0.39 is 11.9 Å². The smallest absolute Gasteiger partial charge is 0.262 e. The zero-order valence-corrected chi connectivity index (χ0v) is 18.5. The number of hydrogen-bond donors (Lipinski definition) is 2. The first-order valence-electron chi connectivity index (χ1n) is 9.92. The van der Waals surface area contributed by atoms with Crippen molar-refractivity contribution in [2.75, 3.05) is 20.8 Å². The maximum absolute atomic E-state index is 12.7. The molecule has 2 N–H and O–H groups in total. The minimum absolute atomic E-state index is 0.0559. The Morgan fingerprint density at radius 1 is 1.12 bits per heavy atom. The summed E-state index contributed by atoms with van der Waals surface area (Å²) in [6.07, 6.45) is 6.69. The lowest BCUT2D eigenvalue weighted by molar-refractivity contribution is -0.123. The van der Waals surface area contributed by atoms with Crippen LogP contribution < -0.4 is 25.0 Å². The molecule has 0 fully saturated rings. The molecule has 2 amide bonds. The van der Waals surface area contributed by atoms with Crippen LogP contribution in [0.15, 0.2) is 47.6 Å². The summed E-state index contributed by atoms with van der Waals surface area (Å²) in [7, 11) is 3.06. The number of methoxy groups -OCH3 is 2. The van der Waals surface area contributed by atoms with Crippen molar-refractivity contribution in [2.45, 2.75) is 19.9 Å². The van der Waals surface area contributed by atoms with Crippen LogP contribution >= 0.6 is 0 Å². The van der Waals surface area contributed by atoms with Gasteiger partial charge in [-0.3, -0.25) is 9.59 Å². The molecule has 0 heterocycles. The van der Waals surface area contributed by atoms with Crippen LogP contribution in [-0.2, 0) is 4.79 Å². The SMILES string of the molecule is C#CCOc1c(C=NNC(=O)C(NC(=O)c2ccc(OC)cc2)C(C)C)cccc1OC. The minimum atomic E-state index is -0.788. The van der Waals surface area contributed by atoms with Gasteiger partial charge in [-0.15, -0.1) is 6.42 Å². The predicted octanol–water partition coefficient (Wildman–Crippen LogP) is 2.62. The van der Waals surface area contributed by atoms with E-state index in [1.165, 1.54) is 13.3 Å². The van der Waals surface area contributed by atoms with Crippen LogP contribution in [0.5, 0.6) is 17.2 Å². The number of nitrogens with zero attached hydrogens (tertiary/aromatic N) is 1. The number of carbonyl (C=O) groups is 2. The van der Waals surface area contributed by atoms with E-state index in [-0.39, 0.29) is 18.4 Å². The highest BCUT2D eigenvalue weighted by molar-refractivity contribution is 5.98. The first kappa shape index (κ1) is 24.3. The normalized spacial score (nSPS) is 11.5. The lowest BCUT2D eigenvalue weighted by atomic mass is 10.0. The van der Waals surface area contributed by atoms with Gasteiger partial charge >= 0.3 is 0 Å². The van der Waals surface area contributed by atoms with Gasteiger partial charge in [-0.2, -0.15) is 5.10 Å². The Bertz CT molecular complexity index is 994. The zero-order chi connectivity index (χ0) is 23.5. The van der Waals surface area contributed by atoms with Crippen molar-refractivity contribution in [3.8, 4) is 29.6 Å². The topological polar surface area (TPSA) is 98.2 Å². The highest BCUT2D eigenvalue weighted by Crippen LogP contribution is 2.29. The van der Waals surface area contributed by atoms with Crippen molar-refractivity contribution < 1.29 is 23.8 Å². The van der Waals surface area contributed by atoms with Crippen LogP contribution in [0.4, 0.5) is 0 Å². The number of rotatable bonds is 10. The Morgan fingerprint density at radius 2 is 1.84 bits per heavy atom. The fourth-order valence-corrected chi connectivity index (χ4v) is 2.80. The van der Waals surface area contributed by atoms with E-state index in [9.17, 15) is 9.59 Å². The number of nitrogens with one attached hydrogen (secondary N) is 2. The lowest BCUT2D eigenvalue weighted by Gasteiger charge is -2.20. The largest absolute Gasteiger partial charge is 0.497 e. The van der Waals surface area contributed by atoms with Gasteiger partial charge in [0, 0.05) is 11.1 Å². The summed E-state index contributed by atoms with van der Waals surface area (Å²) in [5.41, 5.74) is 3.46. The van der Waals surface area contributed by atoms with E-state index in [2.05, 4.69) is 21.8 Å². The number of ether oxygens (including phenoxy) is 3. The maximum atomic E-state index is 12.7. The molecule has 0 aromatic heterocycles. The van der Waals surface area contributed by atoms with Crippen LogP contribution in [0.25, 0.3) is 0 Å². The van der Waals surface area contributed by atoms with Gasteiger partial charge in [0.05, 0.1) is 20.4 Å². The molecule has 8 heteroatoms. The van der Waals surface area contributed by atoms with Gasteiger partial charge in [0.15, 0.2) is 11.5 Å². The third kappa shape index (κ3) is 6.51. The third-order valence-corrected chi connectivity index (χ3v) is 4.50. The monoisotopic (exact) mass is 437 g/mol. The number of hydrogen-bond acceptors (Lipinski definition) is 6. The summed E-state index contributed by atoms with van der Waals surface area (Å²) in [5.74, 6) is 2.94. The summed E-state index contributed by atoms with van der Waals surface area (Å²) < 4.78 is 15.9. The average molecular weight is 437 g/mol. The molecule has 0 saturated carbocycles. The van der Waals surface area contributed by atoms with Crippen molar-refractivity contribution in [3.63, 3.8) is 0 Å². The van der Waals surface area contributed by atoms with Crippen LogP contribution in [0, 0.1) is 18.3 Å². The Balaban J connectivity index is 2.09. The molecule has 0 spiro atoms. The van der Waals surface area contributed by atoms with E-state index in [1.54, 1.807) is 49.6 Å². The van der Waals surface area contributed by atoms with Crippen molar-refractivity contribution in [1.82, 2.24) is 10.7 Å². The van der Waals surface area contributed by atoms with Gasteiger partial charge < -0.3 is 19.5 Å².